The summed E-state index contributed by atoms with van der Waals surface area (Å²) in [6.45, 7) is 13.5. The van der Waals surface area contributed by atoms with E-state index in [0.29, 0.717) is 71.1 Å². The molecular formula is C101H144ClF14N3O20S. The number of rotatable bonds is 42. The summed E-state index contributed by atoms with van der Waals surface area (Å²) < 4.78 is 243. The minimum atomic E-state index is -5.75. The number of esters is 2. The summed E-state index contributed by atoms with van der Waals surface area (Å²) >= 11 is 0. The summed E-state index contributed by atoms with van der Waals surface area (Å²) in [7, 11) is -6.75. The third kappa shape index (κ3) is 63.1. The number of aliphatic hydroxyl groups excluding tert-OH is 4. The lowest BCUT2D eigenvalue weighted by Crippen LogP contribution is -2.40. The van der Waals surface area contributed by atoms with Gasteiger partial charge >= 0.3 is 33.5 Å². The third-order valence-electron chi connectivity index (χ3n) is 18.4. The Labute approximate surface area is 823 Å². The quantitative estimate of drug-likeness (QED) is 0.00680. The third-order valence-corrected chi connectivity index (χ3v) is 19.4. The second-order valence-corrected chi connectivity index (χ2v) is 35.7. The van der Waals surface area contributed by atoms with E-state index in [1.54, 1.807) is 20.8 Å². The van der Waals surface area contributed by atoms with Crippen molar-refractivity contribution in [3.05, 3.63) is 251 Å². The van der Waals surface area contributed by atoms with Crippen LogP contribution < -0.4 is 5.73 Å². The molecule has 0 aliphatic carbocycles. The second-order valence-electron chi connectivity index (χ2n) is 34.1. The zero-order valence-electron chi connectivity index (χ0n) is 81.9. The molecule has 7 N–H and O–H groups in total. The number of hydrogen-bond donors (Lipinski definition) is 6. The average Bonchev–Trinajstić information content (AvgIpc) is 0.873. The number of carboxylic acids is 1. The fraction of sp³-hybridized carbons (Fsp3) is 0.535. The Hall–Kier alpha value is -8.97. The first-order valence-corrected chi connectivity index (χ1v) is 45.9. The van der Waals surface area contributed by atoms with Crippen LogP contribution in [0.25, 0.3) is 0 Å². The standard InChI is InChI=1S/C23H27F2NO2.C19H21NO2.C14H20O3.C11H14F2O.C11H16O3.C7H14O3.C6H11F2NO2.C5H7F5O3S.C4H8F2O.CH3F.ClH.H2/c1-23(2,3)28-22(27)20(14-17(15-24)16-25)26-21(18-10-6-4-7-11-18)19-12-8-5-9-13-19;1-19(2,3)22-17(21)14-20-18(15-10-6-4-7-11-15)16-12-8-5-9-13-16;1-14(2)16-10-13(11-17-14)9-15-8-12-6-4-3-5-7-12;2*12-6-11(7-13)9-14-8-10-4-2-1-3-5-10;1-7(2)9-4-6(3-8)5-10-7;7-2-4(3-8)1-5(9)6(10)11;6-1-4(2-7)3-13-14(11,12)5(8,9)10;5-1-4(2-6)3-7;1-2;;/h4-13,17,20H,14-16H2,1-3H3;4-13H,14H2,1-3H3;3-7,13H,8-11H2,1-2H3;1-5,11H,6-9H2;1-5,11-13H,6-9H2;6,8H,3-5H2,1-2H3;4-5H,1-3,9H2,(H,10,11);4H,1-3H2;4,7H,1-3H2;1H3;2*1H/t;;;;;;5-;;;;;/m......0...../s1/i;;;;;;;;;1D;;. The highest BCUT2D eigenvalue weighted by atomic mass is 35.5. The monoisotopic (exact) mass is 2050 g/mol. The van der Waals surface area contributed by atoms with Gasteiger partial charge in [0.2, 0.25) is 0 Å². The van der Waals surface area contributed by atoms with Gasteiger partial charge in [-0.3, -0.25) is 72.1 Å². The van der Waals surface area contributed by atoms with Crippen LogP contribution in [-0.2, 0) is 91.1 Å². The van der Waals surface area contributed by atoms with Gasteiger partial charge in [0, 0.05) is 71.0 Å². The molecule has 140 heavy (non-hydrogen) atoms. The Morgan fingerprint density at radius 1 is 0.457 bits per heavy atom. The Morgan fingerprint density at radius 2 is 0.757 bits per heavy atom. The molecule has 9 rings (SSSR count). The molecule has 0 spiro atoms. The maximum absolute atomic E-state index is 13.2. The van der Waals surface area contributed by atoms with Crippen LogP contribution in [0.15, 0.2) is 222 Å². The number of carboxylic acid groups (broad SMARTS) is 1. The molecular weight excluding hydrogens is 1910 g/mol. The van der Waals surface area contributed by atoms with E-state index < -0.39 is 179 Å². The summed E-state index contributed by atoms with van der Waals surface area (Å²) in [6, 6.07) is 65.9. The van der Waals surface area contributed by atoms with Crippen LogP contribution >= 0.6 is 12.4 Å². The summed E-state index contributed by atoms with van der Waals surface area (Å²) in [5.74, 6) is -7.35. The van der Waals surface area contributed by atoms with Gasteiger partial charge in [0.15, 0.2) is 11.6 Å². The van der Waals surface area contributed by atoms with Gasteiger partial charge in [-0.2, -0.15) is 21.6 Å². The molecule has 2 saturated heterocycles. The van der Waals surface area contributed by atoms with Gasteiger partial charge in [0.1, 0.15) is 29.8 Å². The molecule has 2 atom stereocenters. The first kappa shape index (κ1) is 131. The summed E-state index contributed by atoms with van der Waals surface area (Å²) in [6.07, 6.45) is -0.201. The van der Waals surface area contributed by atoms with Crippen molar-refractivity contribution < 1.29 is 159 Å². The zero-order chi connectivity index (χ0) is 105. The van der Waals surface area contributed by atoms with Gasteiger partial charge in [-0.15, -0.1) is 12.4 Å². The fourth-order valence-corrected chi connectivity index (χ4v) is 11.1. The smallest absolute Gasteiger partial charge is 0.480 e. The van der Waals surface area contributed by atoms with Gasteiger partial charge in [-0.05, 0) is 98.8 Å². The molecule has 2 fully saturated rings. The number of nitrogens with two attached hydrogens (primary N) is 1. The van der Waals surface area contributed by atoms with E-state index in [-0.39, 0.29) is 77.5 Å². The van der Waals surface area contributed by atoms with Crippen LogP contribution in [-0.4, -0.2) is 263 Å². The van der Waals surface area contributed by atoms with Crippen molar-refractivity contribution in [2.75, 3.05) is 160 Å². The maximum Gasteiger partial charge on any atom is 0.523 e. The van der Waals surface area contributed by atoms with Crippen LogP contribution in [0.3, 0.4) is 0 Å². The number of aliphatic hydroxyl groups is 4. The van der Waals surface area contributed by atoms with E-state index in [1.807, 2.05) is 249 Å². The summed E-state index contributed by atoms with van der Waals surface area (Å²) in [4.78, 5) is 43.9. The number of ether oxygens (including phenoxy) is 9. The molecule has 39 heteroatoms. The van der Waals surface area contributed by atoms with Crippen molar-refractivity contribution in [1.82, 2.24) is 0 Å². The van der Waals surface area contributed by atoms with E-state index in [2.05, 4.69) is 26.3 Å². The molecule has 0 saturated carbocycles. The van der Waals surface area contributed by atoms with Crippen LogP contribution in [0.4, 0.5) is 61.5 Å². The van der Waals surface area contributed by atoms with E-state index in [0.717, 1.165) is 39.1 Å². The van der Waals surface area contributed by atoms with Gasteiger partial charge in [0.25, 0.3) is 0 Å². The van der Waals surface area contributed by atoms with Crippen molar-refractivity contribution in [3.63, 3.8) is 0 Å². The lowest BCUT2D eigenvalue weighted by atomic mass is 9.99. The van der Waals surface area contributed by atoms with E-state index in [1.165, 1.54) is 5.56 Å². The normalized spacial score (nSPS) is 13.8. The van der Waals surface area contributed by atoms with Gasteiger partial charge in [0.05, 0.1) is 186 Å². The molecule has 2 aliphatic heterocycles. The Balaban J connectivity index is -0.00000156. The van der Waals surface area contributed by atoms with Crippen molar-refractivity contribution >= 4 is 51.9 Å². The van der Waals surface area contributed by atoms with Gasteiger partial charge in [-0.1, -0.05) is 212 Å². The molecule has 0 aromatic heterocycles. The maximum atomic E-state index is 13.2. The predicted molar refractivity (Wildman–Crippen MR) is 516 cm³/mol. The number of nitrogens with zero attached hydrogens (tertiary/aromatic N) is 2. The van der Waals surface area contributed by atoms with Crippen LogP contribution in [0, 0.1) is 47.3 Å². The molecule has 0 amide bonds. The average molecular weight is 2050 g/mol. The van der Waals surface area contributed by atoms with Gasteiger partial charge < -0.3 is 73.9 Å². The van der Waals surface area contributed by atoms with Crippen molar-refractivity contribution in [3.8, 4) is 0 Å². The number of aliphatic carboxylic acids is 1. The SMILES string of the molecule is CC(C)(C)OC(=O)C(CC(CF)CF)N=C(c1ccccc1)c1ccccc1.CC(C)(C)OC(=O)CN=C(c1ccccc1)c1ccccc1.CC1(C)OCC(CO)CO1.CC1(C)OCC(COCc2ccccc2)CO1.Cl.FCC(CF)COCc1ccccc1.N[C@@H](CC(CF)CF)C(=O)O.O=S(=O)(OCC(CF)CF)C(F)(F)F.OCC(CF)CF.OCC(CO)COCc1ccccc1.[2H]CF.[HH]. The van der Waals surface area contributed by atoms with Crippen LogP contribution in [0.1, 0.15) is 124 Å². The fourth-order valence-electron chi connectivity index (χ4n) is 10.6. The second kappa shape index (κ2) is 76.7. The number of hydrogen-bond acceptors (Lipinski definition) is 22. The van der Waals surface area contributed by atoms with E-state index in [9.17, 15) is 84.3 Å². The molecule has 2 aliphatic rings. The molecule has 7 aromatic rings. The largest absolute Gasteiger partial charge is 0.523 e. The molecule has 0 radical (unpaired) electrons. The number of benzene rings is 7. The highest BCUT2D eigenvalue weighted by Gasteiger charge is 2.47. The minimum Gasteiger partial charge on any atom is -0.480 e. The molecule has 23 nitrogen and oxygen atoms in total. The van der Waals surface area contributed by atoms with Crippen LogP contribution in [0.5, 0.6) is 0 Å². The first-order valence-electron chi connectivity index (χ1n) is 45.2. The lowest BCUT2D eigenvalue weighted by Gasteiger charge is -2.34. The zero-order valence-corrected chi connectivity index (χ0v) is 82.6. The number of carbonyl (C=O) groups excluding carboxylic acids is 2. The molecule has 0 bridgehead atoms. The number of halogens is 15. The Bertz CT molecular complexity index is 4260. The van der Waals surface area contributed by atoms with Crippen molar-refractivity contribution in [2.24, 2.45) is 63.1 Å². The van der Waals surface area contributed by atoms with Crippen molar-refractivity contribution in [2.45, 2.75) is 142 Å². The van der Waals surface area contributed by atoms with E-state index >= 15 is 0 Å². The number of aliphatic imine (C=N–C) groups is 2. The van der Waals surface area contributed by atoms with E-state index in [4.69, 9.17) is 75.3 Å². The molecule has 794 valence electrons. The number of carbonyl (C=O) groups is 3. The highest BCUT2D eigenvalue weighted by molar-refractivity contribution is 7.87. The molecule has 1 unspecified atom stereocenters. The van der Waals surface area contributed by atoms with Gasteiger partial charge in [-0.25, -0.2) is 4.79 Å². The predicted octanol–water partition coefficient (Wildman–Crippen LogP) is 19.1. The Morgan fingerprint density at radius 3 is 1.06 bits per heavy atom. The Kier molecular flexibility index (Phi) is 71.8. The topological polar surface area (TPSA) is 330 Å². The molecule has 7 aromatic carbocycles. The van der Waals surface area contributed by atoms with Crippen LogP contribution in [0.2, 0.25) is 0 Å². The summed E-state index contributed by atoms with van der Waals surface area (Å²) in [5.41, 5.74) is 6.57. The summed E-state index contributed by atoms with van der Waals surface area (Å²) in [5, 5.41) is 42.6. The number of alkyl halides is 14. The minimum absolute atomic E-state index is 0. The lowest BCUT2D eigenvalue weighted by molar-refractivity contribution is -0.266. The molecule has 2 heterocycles. The highest BCUT2D eigenvalue weighted by Crippen LogP contribution is 2.27. The first-order chi connectivity index (χ1) is 66.4. The van der Waals surface area contributed by atoms with Crippen molar-refractivity contribution in [1.29, 1.82) is 0 Å².